The molecule has 2 aliphatic rings. The van der Waals surface area contributed by atoms with Gasteiger partial charge in [-0.1, -0.05) is 40.0 Å². The van der Waals surface area contributed by atoms with Gasteiger partial charge in [0.1, 0.15) is 0 Å². The number of hydrogen-bond donors (Lipinski definition) is 2. The second kappa shape index (κ2) is 7.77. The van der Waals surface area contributed by atoms with Crippen LogP contribution in [0.3, 0.4) is 0 Å². The van der Waals surface area contributed by atoms with E-state index in [-0.39, 0.29) is 11.8 Å². The highest BCUT2D eigenvalue weighted by molar-refractivity contribution is 6.40. The van der Waals surface area contributed by atoms with Crippen LogP contribution in [0.4, 0.5) is 0 Å². The van der Waals surface area contributed by atoms with Crippen LogP contribution >= 0.6 is 0 Å². The first kappa shape index (κ1) is 19.1. The molecule has 5 nitrogen and oxygen atoms in total. The molecule has 0 aromatic carbocycles. The van der Waals surface area contributed by atoms with Crippen LogP contribution in [0.25, 0.3) is 0 Å². The number of carbonyl (C=O) groups excluding carboxylic acids is 3. The van der Waals surface area contributed by atoms with Crippen molar-refractivity contribution < 1.29 is 14.4 Å². The second-order valence-corrected chi connectivity index (χ2v) is 8.03. The van der Waals surface area contributed by atoms with E-state index in [0.29, 0.717) is 18.4 Å². The normalized spacial score (nSPS) is 30.7. The monoisotopic (exact) mass is 336 g/mol. The molecule has 0 bridgehead atoms. The number of rotatable bonds is 7. The molecule has 1 saturated carbocycles. The zero-order valence-electron chi connectivity index (χ0n) is 15.5. The molecule has 0 aromatic heterocycles. The van der Waals surface area contributed by atoms with Crippen LogP contribution in [0.2, 0.25) is 0 Å². The molecular formula is C19H32N2O3. The number of nitrogens with one attached hydrogen (secondary N) is 2. The fourth-order valence-electron chi connectivity index (χ4n) is 4.12. The Hall–Kier alpha value is -1.23. The fourth-order valence-corrected chi connectivity index (χ4v) is 4.12. The second-order valence-electron chi connectivity index (χ2n) is 8.03. The zero-order chi connectivity index (χ0) is 17.9. The van der Waals surface area contributed by atoms with E-state index in [9.17, 15) is 14.4 Å². The van der Waals surface area contributed by atoms with Crippen LogP contribution in [0, 0.1) is 11.8 Å². The van der Waals surface area contributed by atoms with Gasteiger partial charge in [0, 0.05) is 12.0 Å². The SMILES string of the molecule is CCC[C@H](NC(=O)[C@@]1(C)C[C@@H]2CCCC[C@@H]2N1)C(=O)C(=O)C(C)C. The minimum Gasteiger partial charge on any atom is -0.344 e. The van der Waals surface area contributed by atoms with E-state index >= 15 is 0 Å². The van der Waals surface area contributed by atoms with Gasteiger partial charge >= 0.3 is 0 Å². The van der Waals surface area contributed by atoms with Gasteiger partial charge < -0.3 is 10.6 Å². The van der Waals surface area contributed by atoms with Crippen molar-refractivity contribution in [1.29, 1.82) is 0 Å². The number of hydrogen-bond acceptors (Lipinski definition) is 4. The Kier molecular flexibility index (Phi) is 6.18. The molecule has 1 aliphatic heterocycles. The first-order valence-electron chi connectivity index (χ1n) is 9.45. The molecular weight excluding hydrogens is 304 g/mol. The van der Waals surface area contributed by atoms with Crippen molar-refractivity contribution in [2.24, 2.45) is 11.8 Å². The fraction of sp³-hybridized carbons (Fsp3) is 0.842. The summed E-state index contributed by atoms with van der Waals surface area (Å²) in [5, 5.41) is 6.37. The summed E-state index contributed by atoms with van der Waals surface area (Å²) in [4.78, 5) is 37.3. The van der Waals surface area contributed by atoms with Gasteiger partial charge in [0.25, 0.3) is 0 Å². The summed E-state index contributed by atoms with van der Waals surface area (Å²) < 4.78 is 0. The lowest BCUT2D eigenvalue weighted by Gasteiger charge is -2.28. The summed E-state index contributed by atoms with van der Waals surface area (Å²) in [6, 6.07) is -0.286. The minimum atomic E-state index is -0.696. The van der Waals surface area contributed by atoms with Crippen molar-refractivity contribution in [3.8, 4) is 0 Å². The van der Waals surface area contributed by atoms with Crippen LogP contribution in [0.1, 0.15) is 72.6 Å². The van der Waals surface area contributed by atoms with Gasteiger partial charge in [0.2, 0.25) is 17.5 Å². The lowest BCUT2D eigenvalue weighted by molar-refractivity contribution is -0.141. The van der Waals surface area contributed by atoms with Crippen molar-refractivity contribution in [2.75, 3.05) is 0 Å². The topological polar surface area (TPSA) is 75.3 Å². The van der Waals surface area contributed by atoms with E-state index in [1.807, 2.05) is 13.8 Å². The Morgan fingerprint density at radius 3 is 2.42 bits per heavy atom. The molecule has 2 fully saturated rings. The van der Waals surface area contributed by atoms with Gasteiger partial charge in [-0.2, -0.15) is 0 Å². The smallest absolute Gasteiger partial charge is 0.240 e. The molecule has 2 N–H and O–H groups in total. The molecule has 4 atom stereocenters. The number of carbonyl (C=O) groups is 3. The summed E-state index contributed by atoms with van der Waals surface area (Å²) in [6.45, 7) is 7.32. The predicted molar refractivity (Wildman–Crippen MR) is 93.6 cm³/mol. The summed E-state index contributed by atoms with van der Waals surface area (Å²) >= 11 is 0. The van der Waals surface area contributed by atoms with E-state index in [0.717, 1.165) is 19.3 Å². The Morgan fingerprint density at radius 2 is 1.83 bits per heavy atom. The maximum atomic E-state index is 12.9. The number of amides is 1. The average Bonchev–Trinajstić information content (AvgIpc) is 2.90. The van der Waals surface area contributed by atoms with Gasteiger partial charge in [0.15, 0.2) is 0 Å². The third-order valence-electron chi connectivity index (χ3n) is 5.55. The Labute approximate surface area is 145 Å². The molecule has 0 unspecified atom stereocenters. The molecule has 136 valence electrons. The molecule has 0 spiro atoms. The third kappa shape index (κ3) is 4.05. The maximum Gasteiger partial charge on any atom is 0.240 e. The van der Waals surface area contributed by atoms with E-state index in [1.54, 1.807) is 13.8 Å². The first-order chi connectivity index (χ1) is 11.3. The number of ketones is 2. The van der Waals surface area contributed by atoms with E-state index in [4.69, 9.17) is 0 Å². The summed E-state index contributed by atoms with van der Waals surface area (Å²) in [6.07, 6.45) is 6.81. The predicted octanol–water partition coefficient (Wildman–Crippen LogP) is 2.38. The zero-order valence-corrected chi connectivity index (χ0v) is 15.5. The Bertz CT molecular complexity index is 487. The average molecular weight is 336 g/mol. The standard InChI is InChI=1S/C19H32N2O3/c1-5-8-15(17(23)16(22)12(2)3)20-18(24)19(4)11-13-9-6-7-10-14(13)21-19/h12-15,21H,5-11H2,1-4H3,(H,20,24)/t13-,14-,15-,19+/m0/s1. The van der Waals surface area contributed by atoms with Crippen molar-refractivity contribution in [3.05, 3.63) is 0 Å². The molecule has 1 aliphatic carbocycles. The molecule has 0 radical (unpaired) electrons. The van der Waals surface area contributed by atoms with Crippen LogP contribution in [0.15, 0.2) is 0 Å². The molecule has 2 rings (SSSR count). The molecule has 1 heterocycles. The van der Waals surface area contributed by atoms with E-state index < -0.39 is 23.1 Å². The van der Waals surface area contributed by atoms with E-state index in [2.05, 4.69) is 10.6 Å². The molecule has 24 heavy (non-hydrogen) atoms. The highest BCUT2D eigenvalue weighted by atomic mass is 16.2. The highest BCUT2D eigenvalue weighted by Crippen LogP contribution is 2.38. The van der Waals surface area contributed by atoms with Crippen LogP contribution < -0.4 is 10.6 Å². The Morgan fingerprint density at radius 1 is 1.17 bits per heavy atom. The largest absolute Gasteiger partial charge is 0.344 e. The minimum absolute atomic E-state index is 0.139. The van der Waals surface area contributed by atoms with Gasteiger partial charge in [-0.15, -0.1) is 0 Å². The summed E-state index contributed by atoms with van der Waals surface area (Å²) in [5.74, 6) is -0.782. The number of Topliss-reactive ketones (excluding diaryl/α,β-unsaturated/α-hetero) is 2. The van der Waals surface area contributed by atoms with Crippen molar-refractivity contribution in [3.63, 3.8) is 0 Å². The third-order valence-corrected chi connectivity index (χ3v) is 5.55. The van der Waals surface area contributed by atoms with Gasteiger partial charge in [-0.05, 0) is 38.5 Å². The summed E-state index contributed by atoms with van der Waals surface area (Å²) in [5.41, 5.74) is -0.632. The molecule has 1 saturated heterocycles. The molecule has 0 aromatic rings. The Balaban J connectivity index is 2.04. The first-order valence-corrected chi connectivity index (χ1v) is 9.45. The molecule has 5 heteroatoms. The van der Waals surface area contributed by atoms with E-state index in [1.165, 1.54) is 19.3 Å². The number of fused-ring (bicyclic) bond motifs is 1. The quantitative estimate of drug-likeness (QED) is 0.700. The lowest BCUT2D eigenvalue weighted by Crippen LogP contribution is -2.57. The van der Waals surface area contributed by atoms with Crippen LogP contribution in [0.5, 0.6) is 0 Å². The van der Waals surface area contributed by atoms with Crippen LogP contribution in [-0.4, -0.2) is 35.1 Å². The van der Waals surface area contributed by atoms with Crippen LogP contribution in [-0.2, 0) is 14.4 Å². The lowest BCUT2D eigenvalue weighted by atomic mass is 9.83. The maximum absolute atomic E-state index is 12.9. The van der Waals surface area contributed by atoms with Gasteiger partial charge in [-0.3, -0.25) is 14.4 Å². The van der Waals surface area contributed by atoms with Crippen molar-refractivity contribution in [2.45, 2.75) is 90.3 Å². The van der Waals surface area contributed by atoms with Gasteiger partial charge in [-0.25, -0.2) is 0 Å². The molecule has 1 amide bonds. The summed E-state index contributed by atoms with van der Waals surface area (Å²) in [7, 11) is 0. The van der Waals surface area contributed by atoms with Gasteiger partial charge in [0.05, 0.1) is 11.6 Å². The van der Waals surface area contributed by atoms with Crippen molar-refractivity contribution in [1.82, 2.24) is 10.6 Å². The highest BCUT2D eigenvalue weighted by Gasteiger charge is 2.47. The van der Waals surface area contributed by atoms with Crippen molar-refractivity contribution >= 4 is 17.5 Å².